The average Bonchev–Trinajstić information content (AvgIpc) is 3.34. The van der Waals surface area contributed by atoms with Gasteiger partial charge in [0.2, 0.25) is 0 Å². The fourth-order valence-corrected chi connectivity index (χ4v) is 3.56. The Hall–Kier alpha value is -1.81. The van der Waals surface area contributed by atoms with Crippen LogP contribution in [0.25, 0.3) is 0 Å². The molecule has 0 atom stereocenters. The number of amides is 2. The van der Waals surface area contributed by atoms with Gasteiger partial charge in [0.15, 0.2) is 5.75 Å². The van der Waals surface area contributed by atoms with Gasteiger partial charge in [0, 0.05) is 11.7 Å². The van der Waals surface area contributed by atoms with Gasteiger partial charge in [0.05, 0.1) is 3.57 Å². The van der Waals surface area contributed by atoms with Crippen molar-refractivity contribution >= 4 is 44.4 Å². The molecule has 0 aromatic heterocycles. The molecule has 2 N–H and O–H groups in total. The van der Waals surface area contributed by atoms with Gasteiger partial charge >= 0.3 is 16.1 Å². The van der Waals surface area contributed by atoms with Crippen molar-refractivity contribution in [1.29, 1.82) is 0 Å². The first-order valence-corrected chi connectivity index (χ1v) is 9.79. The Balaban J connectivity index is 1.69. The van der Waals surface area contributed by atoms with Gasteiger partial charge in [-0.2, -0.15) is 8.42 Å². The summed E-state index contributed by atoms with van der Waals surface area (Å²) in [4.78, 5) is 11.7. The lowest BCUT2D eigenvalue weighted by atomic mass is 10.3. The molecule has 1 saturated carbocycles. The van der Waals surface area contributed by atoms with Crippen LogP contribution >= 0.6 is 22.6 Å². The van der Waals surface area contributed by atoms with Crippen molar-refractivity contribution in [3.63, 3.8) is 0 Å². The van der Waals surface area contributed by atoms with E-state index >= 15 is 0 Å². The predicted octanol–water partition coefficient (Wildman–Crippen LogP) is 3.34. The Kier molecular flexibility index (Phi) is 4.95. The van der Waals surface area contributed by atoms with E-state index in [2.05, 4.69) is 10.6 Å². The molecule has 8 heteroatoms. The van der Waals surface area contributed by atoms with E-state index in [0.29, 0.717) is 9.26 Å². The second-order valence-corrected chi connectivity index (χ2v) is 8.07. The van der Waals surface area contributed by atoms with Crippen molar-refractivity contribution in [2.45, 2.75) is 23.8 Å². The monoisotopic (exact) mass is 458 g/mol. The Morgan fingerprint density at radius 2 is 1.75 bits per heavy atom. The lowest BCUT2D eigenvalue weighted by Gasteiger charge is -2.10. The number of carbonyl (C=O) groups excluding carboxylic acids is 1. The van der Waals surface area contributed by atoms with Crippen molar-refractivity contribution in [3.8, 4) is 5.75 Å². The summed E-state index contributed by atoms with van der Waals surface area (Å²) in [6.45, 7) is 0. The molecule has 1 fully saturated rings. The maximum atomic E-state index is 12.3. The summed E-state index contributed by atoms with van der Waals surface area (Å²) >= 11 is 2.01. The number of rotatable bonds is 5. The highest BCUT2D eigenvalue weighted by Crippen LogP contribution is 2.25. The number of para-hydroxylation sites is 1. The third kappa shape index (κ3) is 4.38. The van der Waals surface area contributed by atoms with E-state index < -0.39 is 10.1 Å². The molecule has 6 nitrogen and oxygen atoms in total. The molecular weight excluding hydrogens is 443 g/mol. The predicted molar refractivity (Wildman–Crippen MR) is 98.6 cm³/mol. The van der Waals surface area contributed by atoms with Gasteiger partial charge in [-0.1, -0.05) is 12.1 Å². The molecule has 0 unspecified atom stereocenters. The number of benzene rings is 2. The van der Waals surface area contributed by atoms with Crippen LogP contribution in [0.4, 0.5) is 10.5 Å². The Morgan fingerprint density at radius 3 is 2.38 bits per heavy atom. The first kappa shape index (κ1) is 17.0. The second-order valence-electron chi connectivity index (χ2n) is 5.36. The number of urea groups is 1. The molecule has 0 saturated heterocycles. The minimum atomic E-state index is -3.92. The van der Waals surface area contributed by atoms with Crippen molar-refractivity contribution in [2.75, 3.05) is 5.32 Å². The molecule has 24 heavy (non-hydrogen) atoms. The first-order valence-electron chi connectivity index (χ1n) is 7.31. The van der Waals surface area contributed by atoms with E-state index in [-0.39, 0.29) is 22.7 Å². The van der Waals surface area contributed by atoms with E-state index in [0.717, 1.165) is 12.8 Å². The second kappa shape index (κ2) is 6.98. The summed E-state index contributed by atoms with van der Waals surface area (Å²) in [5.74, 6) is 0.282. The maximum Gasteiger partial charge on any atom is 0.339 e. The lowest BCUT2D eigenvalue weighted by molar-refractivity contribution is 0.251. The smallest absolute Gasteiger partial charge is 0.339 e. The highest BCUT2D eigenvalue weighted by molar-refractivity contribution is 14.1. The van der Waals surface area contributed by atoms with Crippen LogP contribution in [0.15, 0.2) is 53.4 Å². The first-order chi connectivity index (χ1) is 11.4. The van der Waals surface area contributed by atoms with Crippen molar-refractivity contribution in [1.82, 2.24) is 5.32 Å². The van der Waals surface area contributed by atoms with Crippen LogP contribution in [0.2, 0.25) is 0 Å². The van der Waals surface area contributed by atoms with Gasteiger partial charge in [0.25, 0.3) is 0 Å². The summed E-state index contributed by atoms with van der Waals surface area (Å²) in [6, 6.07) is 12.7. The van der Waals surface area contributed by atoms with Gasteiger partial charge in [-0.15, -0.1) is 0 Å². The van der Waals surface area contributed by atoms with Gasteiger partial charge in [-0.25, -0.2) is 4.79 Å². The maximum absolute atomic E-state index is 12.3. The van der Waals surface area contributed by atoms with E-state index in [9.17, 15) is 13.2 Å². The third-order valence-electron chi connectivity index (χ3n) is 3.35. The standard InChI is InChI=1S/C16H15IN2O4S/c17-14-3-1-2-4-15(14)23-24(21,22)13-9-7-12(8-10-13)19-16(20)18-11-5-6-11/h1-4,7-11H,5-6H2,(H2,18,19,20). The summed E-state index contributed by atoms with van der Waals surface area (Å²) in [5.41, 5.74) is 0.515. The number of carbonyl (C=O) groups is 1. The Bertz CT molecular complexity index is 849. The number of hydrogen-bond acceptors (Lipinski definition) is 4. The molecule has 2 aromatic rings. The molecule has 3 rings (SSSR count). The van der Waals surface area contributed by atoms with Crippen LogP contribution in [0.5, 0.6) is 5.75 Å². The number of hydrogen-bond donors (Lipinski definition) is 2. The summed E-state index contributed by atoms with van der Waals surface area (Å²) in [6.07, 6.45) is 2.00. The number of nitrogens with one attached hydrogen (secondary N) is 2. The van der Waals surface area contributed by atoms with Gasteiger partial charge in [0.1, 0.15) is 4.90 Å². The number of anilines is 1. The summed E-state index contributed by atoms with van der Waals surface area (Å²) in [5, 5.41) is 5.46. The fraction of sp³-hybridized carbons (Fsp3) is 0.188. The van der Waals surface area contributed by atoms with Crippen LogP contribution < -0.4 is 14.8 Å². The Labute approximate surface area is 153 Å². The zero-order chi connectivity index (χ0) is 17.2. The van der Waals surface area contributed by atoms with Crippen LogP contribution in [-0.4, -0.2) is 20.5 Å². The van der Waals surface area contributed by atoms with Crippen LogP contribution in [0.1, 0.15) is 12.8 Å². The summed E-state index contributed by atoms with van der Waals surface area (Å²) < 4.78 is 30.5. The molecular formula is C16H15IN2O4S. The molecule has 0 spiro atoms. The van der Waals surface area contributed by atoms with Crippen LogP contribution in [0.3, 0.4) is 0 Å². The van der Waals surface area contributed by atoms with Crippen LogP contribution in [-0.2, 0) is 10.1 Å². The highest BCUT2D eigenvalue weighted by atomic mass is 127. The van der Waals surface area contributed by atoms with E-state index in [1.165, 1.54) is 24.3 Å². The zero-order valence-corrected chi connectivity index (χ0v) is 15.5. The fourth-order valence-electron chi connectivity index (χ4n) is 1.96. The van der Waals surface area contributed by atoms with Crippen molar-refractivity contribution in [2.24, 2.45) is 0 Å². The highest BCUT2D eigenvalue weighted by Gasteiger charge is 2.23. The average molecular weight is 458 g/mol. The molecule has 0 heterocycles. The topological polar surface area (TPSA) is 84.5 Å². The van der Waals surface area contributed by atoms with E-state index in [1.54, 1.807) is 24.3 Å². The minimum absolute atomic E-state index is 0.0234. The van der Waals surface area contributed by atoms with Gasteiger partial charge in [-0.3, -0.25) is 0 Å². The normalized spacial score (nSPS) is 14.0. The molecule has 0 bridgehead atoms. The SMILES string of the molecule is O=C(Nc1ccc(S(=O)(=O)Oc2ccccc2I)cc1)NC1CC1. The van der Waals surface area contributed by atoms with Crippen molar-refractivity contribution < 1.29 is 17.4 Å². The van der Waals surface area contributed by atoms with Gasteiger partial charge < -0.3 is 14.8 Å². The zero-order valence-electron chi connectivity index (χ0n) is 12.5. The molecule has 2 amide bonds. The summed E-state index contributed by atoms with van der Waals surface area (Å²) in [7, 11) is -3.92. The van der Waals surface area contributed by atoms with E-state index in [4.69, 9.17) is 4.18 Å². The molecule has 0 radical (unpaired) electrons. The quantitative estimate of drug-likeness (QED) is 0.532. The Morgan fingerprint density at radius 1 is 1.08 bits per heavy atom. The molecule has 126 valence electrons. The number of halogens is 1. The molecule has 1 aliphatic carbocycles. The van der Waals surface area contributed by atoms with E-state index in [1.807, 2.05) is 22.6 Å². The van der Waals surface area contributed by atoms with Crippen LogP contribution in [0, 0.1) is 3.57 Å². The molecule has 1 aliphatic rings. The molecule has 0 aliphatic heterocycles. The van der Waals surface area contributed by atoms with Gasteiger partial charge in [-0.05, 0) is 71.8 Å². The lowest BCUT2D eigenvalue weighted by Crippen LogP contribution is -2.30. The minimum Gasteiger partial charge on any atom is -0.378 e. The third-order valence-corrected chi connectivity index (χ3v) is 5.49. The van der Waals surface area contributed by atoms with Crippen molar-refractivity contribution in [3.05, 3.63) is 52.1 Å². The largest absolute Gasteiger partial charge is 0.378 e. The molecule has 2 aromatic carbocycles.